The van der Waals surface area contributed by atoms with Crippen LogP contribution in [0.2, 0.25) is 0 Å². The zero-order valence-corrected chi connectivity index (χ0v) is 9.75. The molecule has 4 heteroatoms. The summed E-state index contributed by atoms with van der Waals surface area (Å²) in [7, 11) is 0. The molecule has 0 saturated carbocycles. The third kappa shape index (κ3) is 1.79. The van der Waals surface area contributed by atoms with Gasteiger partial charge >= 0.3 is 0 Å². The molecule has 0 bridgehead atoms. The van der Waals surface area contributed by atoms with Gasteiger partial charge in [0, 0.05) is 24.2 Å². The van der Waals surface area contributed by atoms with Gasteiger partial charge in [-0.2, -0.15) is 0 Å². The molecule has 0 aliphatic carbocycles. The highest BCUT2D eigenvalue weighted by Gasteiger charge is 2.43. The van der Waals surface area contributed by atoms with Crippen LogP contribution >= 0.6 is 11.3 Å². The fraction of sp³-hybridized carbons (Fsp3) is 0.545. The number of rotatable bonds is 3. The first-order valence-electron chi connectivity index (χ1n) is 5.06. The highest BCUT2D eigenvalue weighted by Crippen LogP contribution is 2.34. The first kappa shape index (κ1) is 10.6. The maximum atomic E-state index is 10.5. The Labute approximate surface area is 93.3 Å². The number of carbonyl (C=O) groups is 1. The largest absolute Gasteiger partial charge is 0.386 e. The van der Waals surface area contributed by atoms with Crippen molar-refractivity contribution in [2.45, 2.75) is 19.4 Å². The van der Waals surface area contributed by atoms with Gasteiger partial charge in [-0.05, 0) is 12.0 Å². The minimum Gasteiger partial charge on any atom is -0.386 e. The molecule has 3 nitrogen and oxygen atoms in total. The average Bonchev–Trinajstić information content (AvgIpc) is 2.60. The molecule has 15 heavy (non-hydrogen) atoms. The van der Waals surface area contributed by atoms with E-state index in [0.29, 0.717) is 13.1 Å². The van der Waals surface area contributed by atoms with Gasteiger partial charge in [0.1, 0.15) is 5.60 Å². The molecule has 1 aliphatic rings. The molecule has 82 valence electrons. The lowest BCUT2D eigenvalue weighted by Gasteiger charge is -2.50. The third-order valence-corrected chi connectivity index (χ3v) is 3.94. The Morgan fingerprint density at radius 3 is 2.73 bits per heavy atom. The number of aldehydes is 1. The van der Waals surface area contributed by atoms with E-state index in [0.717, 1.165) is 16.9 Å². The van der Waals surface area contributed by atoms with Crippen LogP contribution in [-0.4, -0.2) is 30.1 Å². The normalized spacial score (nSPS) is 19.1. The van der Waals surface area contributed by atoms with E-state index < -0.39 is 5.60 Å². The van der Waals surface area contributed by atoms with Crippen LogP contribution in [0.25, 0.3) is 0 Å². The van der Waals surface area contributed by atoms with Crippen molar-refractivity contribution < 1.29 is 9.90 Å². The first-order valence-corrected chi connectivity index (χ1v) is 5.94. The summed E-state index contributed by atoms with van der Waals surface area (Å²) in [6, 6.07) is 1.87. The van der Waals surface area contributed by atoms with E-state index in [1.54, 1.807) is 0 Å². The molecule has 1 aliphatic heterocycles. The maximum absolute atomic E-state index is 10.5. The van der Waals surface area contributed by atoms with Crippen molar-refractivity contribution >= 4 is 23.3 Å². The van der Waals surface area contributed by atoms with E-state index >= 15 is 0 Å². The molecule has 1 aromatic heterocycles. The van der Waals surface area contributed by atoms with Crippen LogP contribution in [-0.2, 0) is 0 Å². The molecule has 1 N–H and O–H groups in total. The minimum atomic E-state index is -0.552. The number of hydrogen-bond donors (Lipinski definition) is 1. The Morgan fingerprint density at radius 1 is 1.60 bits per heavy atom. The lowest BCUT2D eigenvalue weighted by molar-refractivity contribution is -0.0300. The molecule has 0 aromatic carbocycles. The summed E-state index contributed by atoms with van der Waals surface area (Å²) in [6.45, 7) is 5.39. The predicted octanol–water partition coefficient (Wildman–Crippen LogP) is 1.77. The maximum Gasteiger partial charge on any atom is 0.160 e. The van der Waals surface area contributed by atoms with Gasteiger partial charge in [0.2, 0.25) is 0 Å². The Morgan fingerprint density at radius 2 is 2.27 bits per heavy atom. The lowest BCUT2D eigenvalue weighted by Crippen LogP contribution is -2.64. The molecular weight excluding hydrogens is 210 g/mol. The van der Waals surface area contributed by atoms with Crippen LogP contribution in [0, 0.1) is 5.92 Å². The van der Waals surface area contributed by atoms with Gasteiger partial charge in [0.25, 0.3) is 0 Å². The average molecular weight is 225 g/mol. The summed E-state index contributed by atoms with van der Waals surface area (Å²) in [4.78, 5) is 13.4. The summed E-state index contributed by atoms with van der Waals surface area (Å²) in [5.74, 6) is 0.276. The van der Waals surface area contributed by atoms with Crippen LogP contribution in [0.4, 0.5) is 5.69 Å². The van der Waals surface area contributed by atoms with Gasteiger partial charge in [-0.3, -0.25) is 4.79 Å². The molecule has 0 radical (unpaired) electrons. The van der Waals surface area contributed by atoms with E-state index in [1.165, 1.54) is 11.3 Å². The summed E-state index contributed by atoms with van der Waals surface area (Å²) in [6.07, 6.45) is 0.864. The topological polar surface area (TPSA) is 40.5 Å². The number of nitrogens with zero attached hydrogens (tertiary/aromatic N) is 1. The SMILES string of the molecule is CC(C)C1(O)CN(c2csc(C=O)c2)C1. The van der Waals surface area contributed by atoms with Gasteiger partial charge in [0.05, 0.1) is 4.88 Å². The molecule has 1 aromatic rings. The second-order valence-corrected chi connectivity index (χ2v) is 5.38. The number of thiophene rings is 1. The van der Waals surface area contributed by atoms with Crippen molar-refractivity contribution in [3.63, 3.8) is 0 Å². The van der Waals surface area contributed by atoms with Crippen molar-refractivity contribution in [2.75, 3.05) is 18.0 Å². The molecule has 2 rings (SSSR count). The van der Waals surface area contributed by atoms with E-state index in [9.17, 15) is 9.90 Å². The van der Waals surface area contributed by atoms with Crippen molar-refractivity contribution in [1.29, 1.82) is 0 Å². The van der Waals surface area contributed by atoms with Gasteiger partial charge in [-0.15, -0.1) is 11.3 Å². The quantitative estimate of drug-likeness (QED) is 0.797. The molecule has 1 fully saturated rings. The summed E-state index contributed by atoms with van der Waals surface area (Å²) in [5, 5.41) is 12.0. The zero-order chi connectivity index (χ0) is 11.1. The molecule has 1 saturated heterocycles. The minimum absolute atomic E-state index is 0.276. The van der Waals surface area contributed by atoms with Crippen molar-refractivity contribution in [2.24, 2.45) is 5.92 Å². The number of hydrogen-bond acceptors (Lipinski definition) is 4. The molecule has 0 spiro atoms. The van der Waals surface area contributed by atoms with Crippen LogP contribution < -0.4 is 4.90 Å². The molecule has 0 atom stereocenters. The molecule has 0 unspecified atom stereocenters. The van der Waals surface area contributed by atoms with E-state index in [-0.39, 0.29) is 5.92 Å². The second-order valence-electron chi connectivity index (χ2n) is 4.44. The van der Waals surface area contributed by atoms with Crippen LogP contribution in [0.1, 0.15) is 23.5 Å². The van der Waals surface area contributed by atoms with E-state index in [1.807, 2.05) is 25.3 Å². The van der Waals surface area contributed by atoms with Crippen LogP contribution in [0.3, 0.4) is 0 Å². The fourth-order valence-corrected chi connectivity index (χ4v) is 2.45. The highest BCUT2D eigenvalue weighted by molar-refractivity contribution is 7.12. The number of β-amino-alcohol motifs (C(OH)–C–C–N with tert-alkyl or cyclic N) is 1. The second kappa shape index (κ2) is 3.61. The number of anilines is 1. The number of carbonyl (C=O) groups excluding carboxylic acids is 1. The Balaban J connectivity index is 2.02. The smallest absolute Gasteiger partial charge is 0.160 e. The zero-order valence-electron chi connectivity index (χ0n) is 8.93. The van der Waals surface area contributed by atoms with Gasteiger partial charge in [-0.25, -0.2) is 0 Å². The third-order valence-electron chi connectivity index (χ3n) is 3.09. The standard InChI is InChI=1S/C11H15NO2S/c1-8(2)11(14)6-12(7-11)9-3-10(4-13)15-5-9/h3-5,8,14H,6-7H2,1-2H3. The van der Waals surface area contributed by atoms with Crippen molar-refractivity contribution in [3.05, 3.63) is 16.3 Å². The highest BCUT2D eigenvalue weighted by atomic mass is 32.1. The van der Waals surface area contributed by atoms with Gasteiger partial charge in [-0.1, -0.05) is 13.8 Å². The van der Waals surface area contributed by atoms with Crippen molar-refractivity contribution in [1.82, 2.24) is 0 Å². The lowest BCUT2D eigenvalue weighted by atomic mass is 9.83. The van der Waals surface area contributed by atoms with Crippen LogP contribution in [0.5, 0.6) is 0 Å². The fourth-order valence-electron chi connectivity index (χ4n) is 1.73. The van der Waals surface area contributed by atoms with Crippen LogP contribution in [0.15, 0.2) is 11.4 Å². The molecular formula is C11H15NO2S. The Kier molecular flexibility index (Phi) is 2.56. The molecule has 2 heterocycles. The first-order chi connectivity index (χ1) is 7.05. The monoisotopic (exact) mass is 225 g/mol. The summed E-state index contributed by atoms with van der Waals surface area (Å²) >= 11 is 1.44. The summed E-state index contributed by atoms with van der Waals surface area (Å²) in [5.41, 5.74) is 0.496. The molecule has 0 amide bonds. The Bertz CT molecular complexity index is 366. The van der Waals surface area contributed by atoms with E-state index in [4.69, 9.17) is 0 Å². The predicted molar refractivity (Wildman–Crippen MR) is 61.7 cm³/mol. The summed E-state index contributed by atoms with van der Waals surface area (Å²) < 4.78 is 0. The van der Waals surface area contributed by atoms with Gasteiger partial charge in [0.15, 0.2) is 6.29 Å². The van der Waals surface area contributed by atoms with E-state index in [2.05, 4.69) is 4.90 Å². The Hall–Kier alpha value is -0.870. The number of aliphatic hydroxyl groups is 1. The van der Waals surface area contributed by atoms with Gasteiger partial charge < -0.3 is 10.0 Å². The van der Waals surface area contributed by atoms with Crippen molar-refractivity contribution in [3.8, 4) is 0 Å².